The molecular formula is C19H20F2N4O3S. The topological polar surface area (TPSA) is 80.0 Å². The summed E-state index contributed by atoms with van der Waals surface area (Å²) in [6.07, 6.45) is 1.15. The van der Waals surface area contributed by atoms with Crippen LogP contribution in [0.15, 0.2) is 18.2 Å². The third-order valence-electron chi connectivity index (χ3n) is 5.24. The van der Waals surface area contributed by atoms with Gasteiger partial charge in [-0.25, -0.2) is 13.8 Å². The summed E-state index contributed by atoms with van der Waals surface area (Å²) < 4.78 is 33.7. The van der Waals surface area contributed by atoms with Gasteiger partial charge < -0.3 is 9.84 Å². The van der Waals surface area contributed by atoms with Crippen molar-refractivity contribution < 1.29 is 23.4 Å². The molecule has 1 fully saturated rings. The first-order chi connectivity index (χ1) is 13.9. The lowest BCUT2D eigenvalue weighted by molar-refractivity contribution is -0.147. The lowest BCUT2D eigenvalue weighted by Crippen LogP contribution is -2.39. The number of methoxy groups -OCH3 is 1. The second-order valence-corrected chi connectivity index (χ2v) is 8.06. The van der Waals surface area contributed by atoms with Crippen molar-refractivity contribution in [1.82, 2.24) is 19.5 Å². The van der Waals surface area contributed by atoms with E-state index >= 15 is 0 Å². The number of aromatic hydroxyl groups is 1. The van der Waals surface area contributed by atoms with E-state index < -0.39 is 17.7 Å². The van der Waals surface area contributed by atoms with Crippen LogP contribution in [-0.4, -0.2) is 50.8 Å². The molecular weight excluding hydrogens is 402 g/mol. The molecule has 3 heterocycles. The van der Waals surface area contributed by atoms with Gasteiger partial charge in [0.2, 0.25) is 10.8 Å². The number of thiazole rings is 1. The molecule has 0 amide bonds. The molecule has 1 atom stereocenters. The molecule has 0 radical (unpaired) electrons. The maximum Gasteiger partial charge on any atom is 0.308 e. The van der Waals surface area contributed by atoms with E-state index in [2.05, 4.69) is 10.1 Å². The second-order valence-electron chi connectivity index (χ2n) is 7.05. The highest BCUT2D eigenvalue weighted by Gasteiger charge is 2.34. The standard InChI is InChI=1S/C19H20F2N4O3S/c1-10-22-19-25(23-10)17(26)16(29-19)15(12-3-4-13(20)14(21)9-12)24-7-5-11(6-8-24)18(27)28-2/h3-4,9,11,15,26H,5-8H2,1-2H3/t15-/m1/s1. The maximum atomic E-state index is 14.0. The number of hydrogen-bond donors (Lipinski definition) is 1. The molecule has 3 aromatic rings. The van der Waals surface area contributed by atoms with Gasteiger partial charge in [0.05, 0.1) is 23.9 Å². The number of aryl methyl sites for hydroxylation is 1. The number of nitrogens with zero attached hydrogens (tertiary/aromatic N) is 4. The summed E-state index contributed by atoms with van der Waals surface area (Å²) >= 11 is 1.25. The summed E-state index contributed by atoms with van der Waals surface area (Å²) in [5, 5.41) is 15.0. The van der Waals surface area contributed by atoms with E-state index in [1.165, 1.54) is 29.0 Å². The summed E-state index contributed by atoms with van der Waals surface area (Å²) in [5.74, 6) is -1.87. The monoisotopic (exact) mass is 422 g/mol. The van der Waals surface area contributed by atoms with Crippen LogP contribution in [0.25, 0.3) is 4.96 Å². The molecule has 29 heavy (non-hydrogen) atoms. The van der Waals surface area contributed by atoms with Crippen LogP contribution in [0.1, 0.15) is 35.1 Å². The van der Waals surface area contributed by atoms with Gasteiger partial charge in [0.15, 0.2) is 11.6 Å². The molecule has 1 aliphatic heterocycles. The number of likely N-dealkylation sites (tertiary alicyclic amines) is 1. The van der Waals surface area contributed by atoms with Crippen LogP contribution in [0.5, 0.6) is 5.88 Å². The number of aromatic nitrogens is 3. The van der Waals surface area contributed by atoms with Gasteiger partial charge in [-0.2, -0.15) is 4.52 Å². The predicted octanol–water partition coefficient (Wildman–Crippen LogP) is 3.06. The third-order valence-corrected chi connectivity index (χ3v) is 6.32. The number of fused-ring (bicyclic) bond motifs is 1. The Kier molecular flexibility index (Phi) is 5.22. The van der Waals surface area contributed by atoms with Gasteiger partial charge in [0, 0.05) is 0 Å². The Morgan fingerprint density at radius 1 is 1.31 bits per heavy atom. The van der Waals surface area contributed by atoms with Crippen molar-refractivity contribution >= 4 is 22.3 Å². The summed E-state index contributed by atoms with van der Waals surface area (Å²) in [6.45, 7) is 2.80. The molecule has 1 saturated heterocycles. The Labute approximate surface area is 169 Å². The van der Waals surface area contributed by atoms with E-state index in [4.69, 9.17) is 4.74 Å². The highest BCUT2D eigenvalue weighted by molar-refractivity contribution is 7.17. The van der Waals surface area contributed by atoms with Crippen LogP contribution in [-0.2, 0) is 9.53 Å². The average molecular weight is 422 g/mol. The van der Waals surface area contributed by atoms with Crippen molar-refractivity contribution in [3.8, 4) is 5.88 Å². The molecule has 2 aromatic heterocycles. The summed E-state index contributed by atoms with van der Waals surface area (Å²) in [4.78, 5) is 19.2. The molecule has 0 bridgehead atoms. The van der Waals surface area contributed by atoms with Gasteiger partial charge in [-0.15, -0.1) is 5.10 Å². The van der Waals surface area contributed by atoms with Crippen molar-refractivity contribution in [3.05, 3.63) is 46.1 Å². The number of carbonyl (C=O) groups is 1. The second kappa shape index (κ2) is 7.68. The summed E-state index contributed by atoms with van der Waals surface area (Å²) in [5.41, 5.74) is 0.511. The number of halogens is 2. The predicted molar refractivity (Wildman–Crippen MR) is 102 cm³/mol. The molecule has 154 valence electrons. The van der Waals surface area contributed by atoms with Crippen LogP contribution < -0.4 is 0 Å². The van der Waals surface area contributed by atoms with E-state index in [1.807, 2.05) is 4.90 Å². The molecule has 1 aromatic carbocycles. The highest BCUT2D eigenvalue weighted by atomic mass is 32.1. The Morgan fingerprint density at radius 2 is 2.03 bits per heavy atom. The minimum atomic E-state index is -0.952. The van der Waals surface area contributed by atoms with Gasteiger partial charge in [-0.3, -0.25) is 9.69 Å². The smallest absolute Gasteiger partial charge is 0.308 e. The molecule has 1 aliphatic rings. The van der Waals surface area contributed by atoms with E-state index in [0.717, 1.165) is 12.1 Å². The van der Waals surface area contributed by atoms with Gasteiger partial charge >= 0.3 is 5.97 Å². The highest BCUT2D eigenvalue weighted by Crippen LogP contribution is 2.41. The molecule has 4 rings (SSSR count). The molecule has 0 unspecified atom stereocenters. The number of ether oxygens (including phenoxy) is 1. The molecule has 10 heteroatoms. The largest absolute Gasteiger partial charge is 0.492 e. The third kappa shape index (κ3) is 3.58. The van der Waals surface area contributed by atoms with Crippen molar-refractivity contribution in [2.24, 2.45) is 5.92 Å². The molecule has 0 spiro atoms. The Morgan fingerprint density at radius 3 is 2.66 bits per heavy atom. The van der Waals surface area contributed by atoms with Crippen LogP contribution in [0.2, 0.25) is 0 Å². The van der Waals surface area contributed by atoms with Gasteiger partial charge in [0.1, 0.15) is 5.82 Å². The van der Waals surface area contributed by atoms with Gasteiger partial charge in [-0.1, -0.05) is 17.4 Å². The molecule has 0 aliphatic carbocycles. The zero-order valence-corrected chi connectivity index (χ0v) is 16.7. The van der Waals surface area contributed by atoms with Crippen molar-refractivity contribution in [1.29, 1.82) is 0 Å². The van der Waals surface area contributed by atoms with E-state index in [0.29, 0.717) is 47.2 Å². The first-order valence-electron chi connectivity index (χ1n) is 9.21. The fourth-order valence-corrected chi connectivity index (χ4v) is 4.96. The molecule has 1 N–H and O–H groups in total. The first-order valence-corrected chi connectivity index (χ1v) is 10.0. The molecule has 0 saturated carbocycles. The van der Waals surface area contributed by atoms with E-state index in [9.17, 15) is 18.7 Å². The molecule has 7 nitrogen and oxygen atoms in total. The zero-order valence-electron chi connectivity index (χ0n) is 15.9. The van der Waals surface area contributed by atoms with Gasteiger partial charge in [0.25, 0.3) is 0 Å². The Balaban J connectivity index is 1.73. The van der Waals surface area contributed by atoms with Crippen LogP contribution in [0.3, 0.4) is 0 Å². The van der Waals surface area contributed by atoms with Gasteiger partial charge in [-0.05, 0) is 50.6 Å². The maximum absolute atomic E-state index is 14.0. The number of rotatable bonds is 4. The number of esters is 1. The van der Waals surface area contributed by atoms with E-state index in [-0.39, 0.29) is 17.8 Å². The average Bonchev–Trinajstić information content (AvgIpc) is 3.22. The van der Waals surface area contributed by atoms with Crippen LogP contribution in [0.4, 0.5) is 8.78 Å². The van der Waals surface area contributed by atoms with Crippen LogP contribution >= 0.6 is 11.3 Å². The number of carbonyl (C=O) groups excluding carboxylic acids is 1. The lowest BCUT2D eigenvalue weighted by atomic mass is 9.93. The van der Waals surface area contributed by atoms with Crippen LogP contribution in [0, 0.1) is 24.5 Å². The van der Waals surface area contributed by atoms with Crippen molar-refractivity contribution in [3.63, 3.8) is 0 Å². The lowest BCUT2D eigenvalue weighted by Gasteiger charge is -2.36. The zero-order chi connectivity index (χ0) is 20.7. The number of hydrogen-bond acceptors (Lipinski definition) is 7. The van der Waals surface area contributed by atoms with Crippen molar-refractivity contribution in [2.75, 3.05) is 20.2 Å². The summed E-state index contributed by atoms with van der Waals surface area (Å²) in [6, 6.07) is 3.22. The fourth-order valence-electron chi connectivity index (χ4n) is 3.80. The SMILES string of the molecule is COC(=O)C1CCN([C@H](c2ccc(F)c(F)c2)c2sc3nc(C)nn3c2O)CC1. The number of benzene rings is 1. The Bertz CT molecular complexity index is 1060. The first kappa shape index (κ1) is 19.7. The van der Waals surface area contributed by atoms with Crippen molar-refractivity contribution in [2.45, 2.75) is 25.8 Å². The van der Waals surface area contributed by atoms with E-state index in [1.54, 1.807) is 6.92 Å². The summed E-state index contributed by atoms with van der Waals surface area (Å²) in [7, 11) is 1.37. The Hall–Kier alpha value is -2.59. The quantitative estimate of drug-likeness (QED) is 0.651. The minimum Gasteiger partial charge on any atom is -0.492 e. The normalized spacial score (nSPS) is 17.0. The minimum absolute atomic E-state index is 0.0737. The fraction of sp³-hybridized carbons (Fsp3) is 0.421. The number of piperidine rings is 1.